The molecule has 0 bridgehead atoms. The van der Waals surface area contributed by atoms with Crippen LogP contribution < -0.4 is 14.8 Å². The van der Waals surface area contributed by atoms with Gasteiger partial charge in [0.1, 0.15) is 6.61 Å². The molecule has 1 atom stereocenters. The van der Waals surface area contributed by atoms with Gasteiger partial charge in [-0.25, -0.2) is 0 Å². The fraction of sp³-hybridized carbons (Fsp3) is 0.600. The van der Waals surface area contributed by atoms with Crippen molar-refractivity contribution in [1.82, 2.24) is 5.32 Å². The Morgan fingerprint density at radius 1 is 1.37 bits per heavy atom. The third-order valence-electron chi connectivity index (χ3n) is 3.26. The molecular formula is C15H23NO3. The Kier molecular flexibility index (Phi) is 5.48. The molecule has 2 rings (SSSR count). The highest BCUT2D eigenvalue weighted by molar-refractivity contribution is 5.43. The Hall–Kier alpha value is -1.26. The van der Waals surface area contributed by atoms with E-state index in [2.05, 4.69) is 18.3 Å². The summed E-state index contributed by atoms with van der Waals surface area (Å²) in [7, 11) is 1.67. The van der Waals surface area contributed by atoms with Gasteiger partial charge in [-0.2, -0.15) is 0 Å². The summed E-state index contributed by atoms with van der Waals surface area (Å²) in [5.41, 5.74) is 1.20. The van der Waals surface area contributed by atoms with Crippen molar-refractivity contribution in [2.24, 2.45) is 0 Å². The molecule has 106 valence electrons. The van der Waals surface area contributed by atoms with Crippen LogP contribution in [0.25, 0.3) is 0 Å². The molecule has 1 heterocycles. The first-order chi connectivity index (χ1) is 9.33. The molecule has 0 saturated carbocycles. The van der Waals surface area contributed by atoms with Gasteiger partial charge in [-0.3, -0.25) is 0 Å². The van der Waals surface area contributed by atoms with Crippen molar-refractivity contribution in [3.8, 4) is 11.5 Å². The number of ether oxygens (including phenoxy) is 3. The van der Waals surface area contributed by atoms with E-state index in [1.54, 1.807) is 7.11 Å². The summed E-state index contributed by atoms with van der Waals surface area (Å²) in [6, 6.07) is 6.06. The average molecular weight is 265 g/mol. The molecule has 19 heavy (non-hydrogen) atoms. The standard InChI is InChI=1S/C15H23NO3/c1-3-16-10-12-6-7-14(15(9-12)17-2)19-11-13-5-4-8-18-13/h6-7,9,13,16H,3-5,8,10-11H2,1-2H3. The Labute approximate surface area is 115 Å². The first-order valence-corrected chi connectivity index (χ1v) is 6.95. The lowest BCUT2D eigenvalue weighted by molar-refractivity contribution is 0.0669. The number of rotatable bonds is 7. The zero-order valence-electron chi connectivity index (χ0n) is 11.8. The van der Waals surface area contributed by atoms with Gasteiger partial charge in [-0.1, -0.05) is 13.0 Å². The highest BCUT2D eigenvalue weighted by Gasteiger charge is 2.17. The molecule has 4 heteroatoms. The topological polar surface area (TPSA) is 39.7 Å². The van der Waals surface area contributed by atoms with Crippen molar-refractivity contribution in [2.75, 3.05) is 26.9 Å². The fourth-order valence-corrected chi connectivity index (χ4v) is 2.17. The van der Waals surface area contributed by atoms with E-state index < -0.39 is 0 Å². The summed E-state index contributed by atoms with van der Waals surface area (Å²) in [6.07, 6.45) is 2.44. The van der Waals surface area contributed by atoms with Gasteiger partial charge in [-0.05, 0) is 37.1 Å². The van der Waals surface area contributed by atoms with Crippen molar-refractivity contribution < 1.29 is 14.2 Å². The smallest absolute Gasteiger partial charge is 0.161 e. The first kappa shape index (κ1) is 14.2. The van der Waals surface area contributed by atoms with Gasteiger partial charge in [0.05, 0.1) is 13.2 Å². The van der Waals surface area contributed by atoms with Crippen LogP contribution in [-0.4, -0.2) is 33.0 Å². The highest BCUT2D eigenvalue weighted by atomic mass is 16.5. The van der Waals surface area contributed by atoms with Crippen LogP contribution in [0.3, 0.4) is 0 Å². The maximum atomic E-state index is 5.80. The quantitative estimate of drug-likeness (QED) is 0.821. The molecule has 1 N–H and O–H groups in total. The van der Waals surface area contributed by atoms with Crippen LogP contribution in [0.5, 0.6) is 11.5 Å². The number of benzene rings is 1. The minimum atomic E-state index is 0.228. The molecule has 1 saturated heterocycles. The molecule has 1 unspecified atom stereocenters. The van der Waals surface area contributed by atoms with Crippen LogP contribution in [0.15, 0.2) is 18.2 Å². The lowest BCUT2D eigenvalue weighted by Gasteiger charge is -2.15. The van der Waals surface area contributed by atoms with E-state index in [9.17, 15) is 0 Å². The Morgan fingerprint density at radius 3 is 2.95 bits per heavy atom. The van der Waals surface area contributed by atoms with E-state index >= 15 is 0 Å². The molecule has 0 aromatic heterocycles. The lowest BCUT2D eigenvalue weighted by atomic mass is 10.2. The van der Waals surface area contributed by atoms with E-state index in [1.165, 1.54) is 5.56 Å². The zero-order valence-corrected chi connectivity index (χ0v) is 11.8. The van der Waals surface area contributed by atoms with Gasteiger partial charge in [-0.15, -0.1) is 0 Å². The minimum absolute atomic E-state index is 0.228. The van der Waals surface area contributed by atoms with Gasteiger partial charge in [0, 0.05) is 13.2 Å². The van der Waals surface area contributed by atoms with Crippen LogP contribution in [0.1, 0.15) is 25.3 Å². The SMILES string of the molecule is CCNCc1ccc(OCC2CCCO2)c(OC)c1. The number of nitrogens with one attached hydrogen (secondary N) is 1. The zero-order chi connectivity index (χ0) is 13.5. The highest BCUT2D eigenvalue weighted by Crippen LogP contribution is 2.28. The summed E-state index contributed by atoms with van der Waals surface area (Å²) in [6.45, 7) is 5.35. The van der Waals surface area contributed by atoms with E-state index in [4.69, 9.17) is 14.2 Å². The summed E-state index contributed by atoms with van der Waals surface area (Å²) < 4.78 is 16.7. The molecule has 1 aromatic carbocycles. The maximum absolute atomic E-state index is 5.80. The van der Waals surface area contributed by atoms with Gasteiger partial charge < -0.3 is 19.5 Å². The van der Waals surface area contributed by atoms with E-state index in [0.717, 1.165) is 44.0 Å². The second-order valence-corrected chi connectivity index (χ2v) is 4.71. The summed E-state index contributed by atoms with van der Waals surface area (Å²) >= 11 is 0. The molecule has 0 amide bonds. The van der Waals surface area contributed by atoms with Crippen LogP contribution >= 0.6 is 0 Å². The number of hydrogen-bond acceptors (Lipinski definition) is 4. The lowest BCUT2D eigenvalue weighted by Crippen LogP contribution is -2.16. The third kappa shape index (κ3) is 4.11. The van der Waals surface area contributed by atoms with Crippen LogP contribution in [0.4, 0.5) is 0 Å². The number of hydrogen-bond donors (Lipinski definition) is 1. The first-order valence-electron chi connectivity index (χ1n) is 6.95. The van der Waals surface area contributed by atoms with Crippen LogP contribution in [0.2, 0.25) is 0 Å². The second kappa shape index (κ2) is 7.36. The molecule has 1 fully saturated rings. The summed E-state index contributed by atoms with van der Waals surface area (Å²) in [5, 5.41) is 3.30. The summed E-state index contributed by atoms with van der Waals surface area (Å²) in [5.74, 6) is 1.58. The average Bonchev–Trinajstić information content (AvgIpc) is 2.96. The van der Waals surface area contributed by atoms with Crippen molar-refractivity contribution in [1.29, 1.82) is 0 Å². The van der Waals surface area contributed by atoms with Gasteiger partial charge in [0.2, 0.25) is 0 Å². The fourth-order valence-electron chi connectivity index (χ4n) is 2.17. The van der Waals surface area contributed by atoms with Crippen molar-refractivity contribution in [3.63, 3.8) is 0 Å². The molecule has 0 spiro atoms. The Balaban J connectivity index is 1.94. The monoisotopic (exact) mass is 265 g/mol. The van der Waals surface area contributed by atoms with Gasteiger partial charge in [0.15, 0.2) is 11.5 Å². The van der Waals surface area contributed by atoms with Crippen LogP contribution in [-0.2, 0) is 11.3 Å². The largest absolute Gasteiger partial charge is 0.493 e. The molecule has 1 aliphatic heterocycles. The van der Waals surface area contributed by atoms with E-state index in [1.807, 2.05) is 12.1 Å². The van der Waals surface area contributed by atoms with Gasteiger partial charge in [0.25, 0.3) is 0 Å². The predicted molar refractivity (Wildman–Crippen MR) is 74.8 cm³/mol. The molecule has 0 aliphatic carbocycles. The Bertz CT molecular complexity index is 389. The molecule has 1 aromatic rings. The second-order valence-electron chi connectivity index (χ2n) is 4.71. The number of methoxy groups -OCH3 is 1. The molecular weight excluding hydrogens is 242 g/mol. The predicted octanol–water partition coefficient (Wildman–Crippen LogP) is 2.36. The normalized spacial score (nSPS) is 18.5. The molecule has 1 aliphatic rings. The van der Waals surface area contributed by atoms with Crippen molar-refractivity contribution in [3.05, 3.63) is 23.8 Å². The molecule has 0 radical (unpaired) electrons. The minimum Gasteiger partial charge on any atom is -0.493 e. The van der Waals surface area contributed by atoms with Crippen molar-refractivity contribution in [2.45, 2.75) is 32.4 Å². The Morgan fingerprint density at radius 2 is 2.26 bits per heavy atom. The summed E-state index contributed by atoms with van der Waals surface area (Å²) in [4.78, 5) is 0. The van der Waals surface area contributed by atoms with E-state index in [-0.39, 0.29) is 6.10 Å². The third-order valence-corrected chi connectivity index (χ3v) is 3.26. The maximum Gasteiger partial charge on any atom is 0.161 e. The van der Waals surface area contributed by atoms with Gasteiger partial charge >= 0.3 is 0 Å². The van der Waals surface area contributed by atoms with Crippen molar-refractivity contribution >= 4 is 0 Å². The van der Waals surface area contributed by atoms with Crippen LogP contribution in [0, 0.1) is 0 Å². The molecule has 4 nitrogen and oxygen atoms in total. The van der Waals surface area contributed by atoms with E-state index in [0.29, 0.717) is 6.61 Å².